The Morgan fingerprint density at radius 3 is 3.19 bits per heavy atom. The minimum Gasteiger partial charge on any atom is -0.385 e. The van der Waals surface area contributed by atoms with E-state index in [1.165, 1.54) is 16.8 Å². The largest absolute Gasteiger partial charge is 0.385 e. The second-order valence-corrected chi connectivity index (χ2v) is 3.36. The van der Waals surface area contributed by atoms with Crippen LogP contribution in [0.1, 0.15) is 6.42 Å². The number of nitrogens with one attached hydrogen (secondary N) is 1. The first-order valence-corrected chi connectivity index (χ1v) is 5.04. The highest BCUT2D eigenvalue weighted by Gasteiger charge is 2.02. The molecule has 1 N–H and O–H groups in total. The summed E-state index contributed by atoms with van der Waals surface area (Å²) in [6.07, 6.45) is 2.17. The molecule has 2 heterocycles. The van der Waals surface area contributed by atoms with Crippen molar-refractivity contribution in [2.75, 3.05) is 25.6 Å². The molecule has 0 fully saturated rings. The molecule has 0 saturated carbocycles. The fourth-order valence-corrected chi connectivity index (χ4v) is 1.35. The maximum absolute atomic E-state index is 12.9. The molecule has 0 bridgehead atoms. The molecule has 6 heteroatoms. The van der Waals surface area contributed by atoms with Gasteiger partial charge in [-0.3, -0.25) is 0 Å². The third kappa shape index (κ3) is 2.46. The van der Waals surface area contributed by atoms with Crippen LogP contribution in [0.25, 0.3) is 5.65 Å². The number of fused-ring (bicyclic) bond motifs is 1. The molecule has 0 amide bonds. The smallest absolute Gasteiger partial charge is 0.243 e. The van der Waals surface area contributed by atoms with Crippen molar-refractivity contribution < 1.29 is 9.13 Å². The molecule has 2 aromatic rings. The van der Waals surface area contributed by atoms with Gasteiger partial charge in [0.15, 0.2) is 5.65 Å². The van der Waals surface area contributed by atoms with Gasteiger partial charge < -0.3 is 10.1 Å². The molecule has 0 unspecified atom stereocenters. The Balaban J connectivity index is 2.02. The third-order valence-corrected chi connectivity index (χ3v) is 2.10. The predicted octanol–water partition coefficient (Wildman–Crippen LogP) is 1.32. The number of aromatic nitrogens is 3. The molecule has 0 saturated heterocycles. The summed E-state index contributed by atoms with van der Waals surface area (Å²) in [5, 5.41) is 7.13. The maximum Gasteiger partial charge on any atom is 0.243 e. The quantitative estimate of drug-likeness (QED) is 0.778. The van der Waals surface area contributed by atoms with Crippen LogP contribution in [0, 0.1) is 5.82 Å². The topological polar surface area (TPSA) is 51.5 Å². The van der Waals surface area contributed by atoms with Crippen molar-refractivity contribution in [3.63, 3.8) is 0 Å². The molecular formula is C10H13FN4O. The fourth-order valence-electron chi connectivity index (χ4n) is 1.35. The number of nitrogens with zero attached hydrogens (tertiary/aromatic N) is 3. The lowest BCUT2D eigenvalue weighted by Gasteiger charge is -1.99. The molecule has 0 spiro atoms. The molecule has 2 aromatic heterocycles. The number of pyridine rings is 1. The number of hydrogen-bond acceptors (Lipinski definition) is 4. The minimum atomic E-state index is -0.330. The van der Waals surface area contributed by atoms with E-state index < -0.39 is 0 Å². The van der Waals surface area contributed by atoms with E-state index in [0.29, 0.717) is 18.2 Å². The molecule has 0 atom stereocenters. The van der Waals surface area contributed by atoms with Gasteiger partial charge in [0.05, 0.1) is 6.20 Å². The second-order valence-electron chi connectivity index (χ2n) is 3.36. The van der Waals surface area contributed by atoms with Gasteiger partial charge in [-0.05, 0) is 18.6 Å². The summed E-state index contributed by atoms with van der Waals surface area (Å²) in [4.78, 5) is 4.18. The first-order valence-electron chi connectivity index (χ1n) is 5.04. The summed E-state index contributed by atoms with van der Waals surface area (Å²) in [6.45, 7) is 1.42. The van der Waals surface area contributed by atoms with E-state index in [1.54, 1.807) is 13.2 Å². The summed E-state index contributed by atoms with van der Waals surface area (Å²) < 4.78 is 19.2. The Kier molecular flexibility index (Phi) is 3.31. The van der Waals surface area contributed by atoms with Crippen LogP contribution in [0.5, 0.6) is 0 Å². The molecule has 0 aliphatic carbocycles. The lowest BCUT2D eigenvalue weighted by atomic mass is 10.4. The lowest BCUT2D eigenvalue weighted by Crippen LogP contribution is -2.05. The number of halogens is 1. The van der Waals surface area contributed by atoms with Gasteiger partial charge in [0.25, 0.3) is 0 Å². The van der Waals surface area contributed by atoms with Crippen LogP contribution in [0.15, 0.2) is 18.3 Å². The van der Waals surface area contributed by atoms with Crippen LogP contribution in [-0.4, -0.2) is 34.9 Å². The first-order chi connectivity index (χ1) is 7.79. The molecule has 0 radical (unpaired) electrons. The summed E-state index contributed by atoms with van der Waals surface area (Å²) in [5.74, 6) is 0.171. The molecule has 86 valence electrons. The van der Waals surface area contributed by atoms with Crippen LogP contribution in [0.4, 0.5) is 10.3 Å². The van der Waals surface area contributed by atoms with Crippen molar-refractivity contribution in [3.05, 3.63) is 24.1 Å². The Bertz CT molecular complexity index is 471. The average molecular weight is 224 g/mol. The van der Waals surface area contributed by atoms with Gasteiger partial charge in [0.1, 0.15) is 5.82 Å². The van der Waals surface area contributed by atoms with Crippen molar-refractivity contribution in [2.45, 2.75) is 6.42 Å². The molecule has 2 rings (SSSR count). The molecular weight excluding hydrogens is 211 g/mol. The van der Waals surface area contributed by atoms with Crippen LogP contribution in [-0.2, 0) is 4.74 Å². The SMILES string of the molecule is COCCCNc1nc2ccc(F)cn2n1. The summed E-state index contributed by atoms with van der Waals surface area (Å²) in [5.41, 5.74) is 0.621. The van der Waals surface area contributed by atoms with Gasteiger partial charge in [0, 0.05) is 20.3 Å². The normalized spacial score (nSPS) is 10.9. The van der Waals surface area contributed by atoms with E-state index in [9.17, 15) is 4.39 Å². The number of rotatable bonds is 5. The van der Waals surface area contributed by atoms with Gasteiger partial charge in [0.2, 0.25) is 5.95 Å². The van der Waals surface area contributed by atoms with Crippen molar-refractivity contribution >= 4 is 11.6 Å². The van der Waals surface area contributed by atoms with Crippen molar-refractivity contribution in [1.29, 1.82) is 0 Å². The number of ether oxygens (including phenoxy) is 1. The van der Waals surface area contributed by atoms with Gasteiger partial charge >= 0.3 is 0 Å². The van der Waals surface area contributed by atoms with E-state index in [4.69, 9.17) is 4.74 Å². The molecule has 0 aliphatic rings. The van der Waals surface area contributed by atoms with E-state index in [0.717, 1.165) is 13.0 Å². The summed E-state index contributed by atoms with van der Waals surface area (Å²) in [6, 6.07) is 2.95. The van der Waals surface area contributed by atoms with Crippen molar-refractivity contribution in [1.82, 2.24) is 14.6 Å². The van der Waals surface area contributed by atoms with E-state index in [-0.39, 0.29) is 5.82 Å². The minimum absolute atomic E-state index is 0.330. The lowest BCUT2D eigenvalue weighted by molar-refractivity contribution is 0.197. The Labute approximate surface area is 92.2 Å². The van der Waals surface area contributed by atoms with Crippen LogP contribution in [0.2, 0.25) is 0 Å². The zero-order chi connectivity index (χ0) is 11.4. The summed E-state index contributed by atoms with van der Waals surface area (Å²) >= 11 is 0. The van der Waals surface area contributed by atoms with E-state index in [2.05, 4.69) is 15.4 Å². The highest BCUT2D eigenvalue weighted by atomic mass is 19.1. The van der Waals surface area contributed by atoms with Crippen molar-refractivity contribution in [2.24, 2.45) is 0 Å². The Hall–Kier alpha value is -1.69. The molecule has 0 aromatic carbocycles. The zero-order valence-corrected chi connectivity index (χ0v) is 8.98. The van der Waals surface area contributed by atoms with Gasteiger partial charge in [-0.15, -0.1) is 5.10 Å². The highest BCUT2D eigenvalue weighted by molar-refractivity contribution is 5.42. The predicted molar refractivity (Wildman–Crippen MR) is 57.9 cm³/mol. The standard InChI is InChI=1S/C10H13FN4O/c1-16-6-2-5-12-10-13-9-4-3-8(11)7-15(9)14-10/h3-4,7H,2,5-6H2,1H3,(H,12,14). The van der Waals surface area contributed by atoms with Crippen molar-refractivity contribution in [3.8, 4) is 0 Å². The monoisotopic (exact) mass is 224 g/mol. The Morgan fingerprint density at radius 1 is 1.50 bits per heavy atom. The number of hydrogen-bond donors (Lipinski definition) is 1. The first kappa shape index (κ1) is 10.8. The molecule has 16 heavy (non-hydrogen) atoms. The highest BCUT2D eigenvalue weighted by Crippen LogP contribution is 2.06. The number of methoxy groups -OCH3 is 1. The average Bonchev–Trinajstić information content (AvgIpc) is 2.66. The van der Waals surface area contributed by atoms with Gasteiger partial charge in [-0.2, -0.15) is 4.98 Å². The van der Waals surface area contributed by atoms with Gasteiger partial charge in [-0.1, -0.05) is 0 Å². The van der Waals surface area contributed by atoms with Crippen LogP contribution in [0.3, 0.4) is 0 Å². The van der Waals surface area contributed by atoms with Crippen LogP contribution >= 0.6 is 0 Å². The maximum atomic E-state index is 12.9. The second kappa shape index (κ2) is 4.89. The molecule has 0 aliphatic heterocycles. The van der Waals surface area contributed by atoms with Gasteiger partial charge in [-0.25, -0.2) is 8.91 Å². The van der Waals surface area contributed by atoms with E-state index in [1.807, 2.05) is 0 Å². The zero-order valence-electron chi connectivity index (χ0n) is 8.98. The third-order valence-electron chi connectivity index (χ3n) is 2.10. The van der Waals surface area contributed by atoms with Crippen LogP contribution < -0.4 is 5.32 Å². The fraction of sp³-hybridized carbons (Fsp3) is 0.400. The number of anilines is 1. The molecule has 5 nitrogen and oxygen atoms in total. The van der Waals surface area contributed by atoms with E-state index >= 15 is 0 Å². The Morgan fingerprint density at radius 2 is 2.38 bits per heavy atom. The summed E-state index contributed by atoms with van der Waals surface area (Å²) in [7, 11) is 1.66.